The van der Waals surface area contributed by atoms with E-state index in [0.717, 1.165) is 0 Å². The number of carbonyl (C=O) groups is 2. The quantitative estimate of drug-likeness (QED) is 0.666. The molecule has 0 saturated carbocycles. The van der Waals surface area contributed by atoms with E-state index < -0.39 is 15.9 Å². The Hall–Kier alpha value is -1.97. The van der Waals surface area contributed by atoms with Crippen molar-refractivity contribution in [2.75, 3.05) is 31.1 Å². The molecule has 1 aromatic carbocycles. The van der Waals surface area contributed by atoms with Crippen molar-refractivity contribution < 1.29 is 18.0 Å². The highest BCUT2D eigenvalue weighted by molar-refractivity contribution is 7.89. The molecule has 1 aliphatic rings. The minimum Gasteiger partial charge on any atom is -0.352 e. The number of hydrogen-bond donors (Lipinski definition) is 2. The van der Waals surface area contributed by atoms with E-state index in [4.69, 9.17) is 5.73 Å². The predicted molar refractivity (Wildman–Crippen MR) is 104 cm³/mol. The van der Waals surface area contributed by atoms with Gasteiger partial charge < -0.3 is 16.0 Å². The van der Waals surface area contributed by atoms with Crippen LogP contribution in [-0.4, -0.2) is 56.8 Å². The van der Waals surface area contributed by atoms with Crippen molar-refractivity contribution in [2.24, 2.45) is 11.7 Å². The van der Waals surface area contributed by atoms with Crippen LogP contribution >= 0.6 is 0 Å². The number of nitrogens with two attached hydrogens (primary N) is 1. The molecule has 150 valence electrons. The van der Waals surface area contributed by atoms with Crippen molar-refractivity contribution in [3.8, 4) is 0 Å². The fourth-order valence-corrected chi connectivity index (χ4v) is 4.52. The van der Waals surface area contributed by atoms with Crippen LogP contribution in [0.5, 0.6) is 0 Å². The number of anilines is 1. The normalized spacial score (nSPS) is 18.8. The standard InChI is InChI=1S/C18H28N4O4S/c1-4-21(5-2)27(25,26)16-8-6-15(7-9-16)22-12-14(10-17(22)23)18(24)20-13(3)11-19/h6-9,13-14H,4-5,10-12,19H2,1-3H3,(H,20,24)/t13-,14?/m0/s1. The van der Waals surface area contributed by atoms with Crippen LogP contribution in [0.1, 0.15) is 27.2 Å². The summed E-state index contributed by atoms with van der Waals surface area (Å²) in [6.07, 6.45) is 0.128. The second-order valence-electron chi connectivity index (χ2n) is 6.63. The molecule has 2 amide bonds. The highest BCUT2D eigenvalue weighted by Crippen LogP contribution is 2.27. The number of rotatable bonds is 8. The Morgan fingerprint density at radius 2 is 1.89 bits per heavy atom. The third-order valence-electron chi connectivity index (χ3n) is 4.73. The monoisotopic (exact) mass is 396 g/mol. The molecule has 0 aromatic heterocycles. The number of carbonyl (C=O) groups excluding carboxylic acids is 2. The van der Waals surface area contributed by atoms with Crippen molar-refractivity contribution in [1.29, 1.82) is 0 Å². The molecule has 2 rings (SSSR count). The maximum Gasteiger partial charge on any atom is 0.243 e. The van der Waals surface area contributed by atoms with Crippen molar-refractivity contribution in [3.05, 3.63) is 24.3 Å². The number of sulfonamides is 1. The lowest BCUT2D eigenvalue weighted by molar-refractivity contribution is -0.126. The molecule has 1 saturated heterocycles. The first-order chi connectivity index (χ1) is 12.7. The molecule has 0 aliphatic carbocycles. The van der Waals surface area contributed by atoms with Gasteiger partial charge in [-0.2, -0.15) is 4.31 Å². The minimum atomic E-state index is -3.54. The summed E-state index contributed by atoms with van der Waals surface area (Å²) in [5.74, 6) is -0.787. The minimum absolute atomic E-state index is 0.128. The Morgan fingerprint density at radius 1 is 1.30 bits per heavy atom. The Labute approximate surface area is 160 Å². The predicted octanol–water partition coefficient (Wildman–Crippen LogP) is 0.533. The molecular weight excluding hydrogens is 368 g/mol. The molecule has 8 nitrogen and oxygen atoms in total. The van der Waals surface area contributed by atoms with Crippen LogP contribution < -0.4 is 16.0 Å². The van der Waals surface area contributed by atoms with Gasteiger partial charge >= 0.3 is 0 Å². The van der Waals surface area contributed by atoms with Crippen LogP contribution in [0.3, 0.4) is 0 Å². The molecule has 1 aromatic rings. The molecule has 1 fully saturated rings. The van der Waals surface area contributed by atoms with Gasteiger partial charge in [0, 0.05) is 44.3 Å². The van der Waals surface area contributed by atoms with Crippen LogP contribution in [0.15, 0.2) is 29.2 Å². The number of amides is 2. The van der Waals surface area contributed by atoms with Gasteiger partial charge in [-0.25, -0.2) is 8.42 Å². The van der Waals surface area contributed by atoms with Crippen LogP contribution in [0.2, 0.25) is 0 Å². The Kier molecular flexibility index (Phi) is 6.96. The van der Waals surface area contributed by atoms with Crippen LogP contribution in [0.25, 0.3) is 0 Å². The molecule has 0 radical (unpaired) electrons. The lowest BCUT2D eigenvalue weighted by atomic mass is 10.1. The van der Waals surface area contributed by atoms with E-state index in [1.807, 2.05) is 6.92 Å². The third-order valence-corrected chi connectivity index (χ3v) is 6.79. The molecule has 1 aliphatic heterocycles. The third kappa shape index (κ3) is 4.66. The first kappa shape index (κ1) is 21.3. The van der Waals surface area contributed by atoms with E-state index in [1.54, 1.807) is 26.0 Å². The summed E-state index contributed by atoms with van der Waals surface area (Å²) < 4.78 is 26.5. The SMILES string of the molecule is CCN(CC)S(=O)(=O)c1ccc(N2CC(C(=O)N[C@@H](C)CN)CC2=O)cc1. The van der Waals surface area contributed by atoms with Gasteiger partial charge in [-0.1, -0.05) is 13.8 Å². The zero-order chi connectivity index (χ0) is 20.2. The largest absolute Gasteiger partial charge is 0.352 e. The van der Waals surface area contributed by atoms with E-state index in [0.29, 0.717) is 25.3 Å². The summed E-state index contributed by atoms with van der Waals surface area (Å²) in [5, 5.41) is 2.79. The number of benzene rings is 1. The van der Waals surface area contributed by atoms with Gasteiger partial charge in [-0.05, 0) is 31.2 Å². The molecule has 1 heterocycles. The summed E-state index contributed by atoms with van der Waals surface area (Å²) in [7, 11) is -3.54. The zero-order valence-corrected chi connectivity index (χ0v) is 16.8. The fraction of sp³-hybridized carbons (Fsp3) is 0.556. The molecule has 1 unspecified atom stereocenters. The summed E-state index contributed by atoms with van der Waals surface area (Å²) in [6, 6.07) is 6.07. The Balaban J connectivity index is 2.13. The maximum absolute atomic E-state index is 12.5. The van der Waals surface area contributed by atoms with Gasteiger partial charge in [0.05, 0.1) is 10.8 Å². The van der Waals surface area contributed by atoms with Crippen molar-refractivity contribution >= 4 is 27.5 Å². The number of hydrogen-bond acceptors (Lipinski definition) is 5. The van der Waals surface area contributed by atoms with E-state index in [1.165, 1.54) is 21.3 Å². The van der Waals surface area contributed by atoms with Crippen LogP contribution in [-0.2, 0) is 19.6 Å². The van der Waals surface area contributed by atoms with Gasteiger partial charge in [-0.3, -0.25) is 9.59 Å². The molecule has 0 bridgehead atoms. The van der Waals surface area contributed by atoms with Gasteiger partial charge in [0.2, 0.25) is 21.8 Å². The first-order valence-corrected chi connectivity index (χ1v) is 10.6. The van der Waals surface area contributed by atoms with Crippen molar-refractivity contribution in [2.45, 2.75) is 38.1 Å². The van der Waals surface area contributed by atoms with Crippen molar-refractivity contribution in [3.63, 3.8) is 0 Å². The zero-order valence-electron chi connectivity index (χ0n) is 16.0. The van der Waals surface area contributed by atoms with Crippen LogP contribution in [0, 0.1) is 5.92 Å². The highest BCUT2D eigenvalue weighted by Gasteiger charge is 2.35. The number of nitrogens with zero attached hydrogens (tertiary/aromatic N) is 2. The van der Waals surface area contributed by atoms with Gasteiger partial charge in [-0.15, -0.1) is 0 Å². The average Bonchev–Trinajstić information content (AvgIpc) is 3.04. The topological polar surface area (TPSA) is 113 Å². The second kappa shape index (κ2) is 8.81. The van der Waals surface area contributed by atoms with E-state index in [9.17, 15) is 18.0 Å². The summed E-state index contributed by atoms with van der Waals surface area (Å²) in [5.41, 5.74) is 6.09. The first-order valence-electron chi connectivity index (χ1n) is 9.15. The van der Waals surface area contributed by atoms with Gasteiger partial charge in [0.1, 0.15) is 0 Å². The van der Waals surface area contributed by atoms with E-state index in [2.05, 4.69) is 5.32 Å². The fourth-order valence-electron chi connectivity index (χ4n) is 3.06. The van der Waals surface area contributed by atoms with E-state index in [-0.39, 0.29) is 35.7 Å². The van der Waals surface area contributed by atoms with Gasteiger partial charge in [0.15, 0.2) is 0 Å². The second-order valence-corrected chi connectivity index (χ2v) is 8.57. The molecule has 9 heteroatoms. The lowest BCUT2D eigenvalue weighted by Gasteiger charge is -2.20. The Morgan fingerprint density at radius 3 is 2.41 bits per heavy atom. The maximum atomic E-state index is 12.5. The average molecular weight is 397 g/mol. The van der Waals surface area contributed by atoms with Gasteiger partial charge in [0.25, 0.3) is 0 Å². The summed E-state index contributed by atoms with van der Waals surface area (Å²) in [6.45, 7) is 6.76. The summed E-state index contributed by atoms with van der Waals surface area (Å²) in [4.78, 5) is 26.3. The molecular formula is C18H28N4O4S. The summed E-state index contributed by atoms with van der Waals surface area (Å²) >= 11 is 0. The molecule has 0 spiro atoms. The lowest BCUT2D eigenvalue weighted by Crippen LogP contribution is -2.41. The highest BCUT2D eigenvalue weighted by atomic mass is 32.2. The molecule has 3 N–H and O–H groups in total. The smallest absolute Gasteiger partial charge is 0.243 e. The molecule has 2 atom stereocenters. The molecule has 27 heavy (non-hydrogen) atoms. The van der Waals surface area contributed by atoms with E-state index >= 15 is 0 Å². The van der Waals surface area contributed by atoms with Crippen molar-refractivity contribution in [1.82, 2.24) is 9.62 Å². The number of nitrogens with one attached hydrogen (secondary N) is 1. The van der Waals surface area contributed by atoms with Crippen LogP contribution in [0.4, 0.5) is 5.69 Å². The Bertz CT molecular complexity index is 775.